The summed E-state index contributed by atoms with van der Waals surface area (Å²) in [5.41, 5.74) is 3.46. The van der Waals surface area contributed by atoms with Gasteiger partial charge in [0.1, 0.15) is 12.4 Å². The summed E-state index contributed by atoms with van der Waals surface area (Å²) in [6.45, 7) is 2.87. The number of hydrogen-bond acceptors (Lipinski definition) is 3. The van der Waals surface area contributed by atoms with Gasteiger partial charge in [-0.15, -0.1) is 0 Å². The van der Waals surface area contributed by atoms with E-state index in [0.29, 0.717) is 12.4 Å². The van der Waals surface area contributed by atoms with E-state index in [4.69, 9.17) is 0 Å². The molecule has 1 heterocycles. The number of fused-ring (bicyclic) bond motifs is 1. The van der Waals surface area contributed by atoms with Crippen molar-refractivity contribution in [2.75, 3.05) is 11.4 Å². The van der Waals surface area contributed by atoms with Crippen molar-refractivity contribution in [3.8, 4) is 0 Å². The maximum absolute atomic E-state index is 13.2. The van der Waals surface area contributed by atoms with Crippen LogP contribution >= 0.6 is 0 Å². The first-order chi connectivity index (χ1) is 16.2. The Morgan fingerprint density at radius 2 is 1.61 bits per heavy atom. The maximum atomic E-state index is 13.2. The van der Waals surface area contributed by atoms with Gasteiger partial charge in [-0.05, 0) is 42.8 Å². The van der Waals surface area contributed by atoms with Gasteiger partial charge in [0.2, 0.25) is 11.8 Å². The molecule has 3 aromatic carbocycles. The van der Waals surface area contributed by atoms with Gasteiger partial charge in [-0.3, -0.25) is 9.59 Å². The first-order valence-electron chi connectivity index (χ1n) is 11.0. The Bertz CT molecular complexity index is 1260. The van der Waals surface area contributed by atoms with Crippen LogP contribution in [0.25, 0.3) is 17.1 Å². The Labute approximate surface area is 193 Å². The van der Waals surface area contributed by atoms with Gasteiger partial charge in [-0.25, -0.2) is 4.98 Å². The van der Waals surface area contributed by atoms with Gasteiger partial charge in [-0.2, -0.15) is 0 Å². The lowest BCUT2D eigenvalue weighted by Crippen LogP contribution is -2.34. The van der Waals surface area contributed by atoms with E-state index >= 15 is 0 Å². The van der Waals surface area contributed by atoms with Crippen LogP contribution in [0.1, 0.15) is 18.3 Å². The quantitative estimate of drug-likeness (QED) is 0.414. The first-order valence-corrected chi connectivity index (χ1v) is 11.0. The maximum Gasteiger partial charge on any atom is 0.246 e. The van der Waals surface area contributed by atoms with Gasteiger partial charge in [0.15, 0.2) is 0 Å². The highest BCUT2D eigenvalue weighted by atomic mass is 16.2. The summed E-state index contributed by atoms with van der Waals surface area (Å²) in [5.74, 6) is 0.377. The van der Waals surface area contributed by atoms with Crippen molar-refractivity contribution in [3.63, 3.8) is 0 Å². The highest BCUT2D eigenvalue weighted by Crippen LogP contribution is 2.19. The molecule has 4 rings (SSSR count). The second-order valence-electron chi connectivity index (χ2n) is 7.54. The molecule has 0 radical (unpaired) electrons. The van der Waals surface area contributed by atoms with Crippen LogP contribution in [-0.4, -0.2) is 27.9 Å². The molecule has 0 saturated heterocycles. The number of anilines is 1. The minimum Gasteiger partial charge on any atom is -0.345 e. The number of benzene rings is 3. The van der Waals surface area contributed by atoms with Crippen LogP contribution in [-0.2, 0) is 22.7 Å². The van der Waals surface area contributed by atoms with E-state index in [1.54, 1.807) is 11.0 Å². The summed E-state index contributed by atoms with van der Waals surface area (Å²) in [4.78, 5) is 32.0. The molecule has 6 heteroatoms. The van der Waals surface area contributed by atoms with Gasteiger partial charge >= 0.3 is 0 Å². The molecular formula is C27H26N4O2. The lowest BCUT2D eigenvalue weighted by molar-refractivity contribution is -0.119. The fourth-order valence-corrected chi connectivity index (χ4v) is 3.73. The molecular weight excluding hydrogens is 412 g/mol. The number of imidazole rings is 1. The number of carbonyl (C=O) groups excluding carboxylic acids is 2. The molecule has 0 saturated carbocycles. The van der Waals surface area contributed by atoms with E-state index in [2.05, 4.69) is 10.3 Å². The summed E-state index contributed by atoms with van der Waals surface area (Å²) < 4.78 is 1.88. The number of hydrogen-bond donors (Lipinski definition) is 1. The monoisotopic (exact) mass is 438 g/mol. The molecule has 6 nitrogen and oxygen atoms in total. The fourth-order valence-electron chi connectivity index (χ4n) is 3.73. The molecule has 33 heavy (non-hydrogen) atoms. The van der Waals surface area contributed by atoms with Gasteiger partial charge in [0.05, 0.1) is 17.6 Å². The van der Waals surface area contributed by atoms with Gasteiger partial charge < -0.3 is 14.8 Å². The molecule has 0 aliphatic carbocycles. The second-order valence-corrected chi connectivity index (χ2v) is 7.54. The van der Waals surface area contributed by atoms with Crippen LogP contribution in [0.5, 0.6) is 0 Å². The zero-order valence-corrected chi connectivity index (χ0v) is 18.5. The van der Waals surface area contributed by atoms with Crippen molar-refractivity contribution in [2.45, 2.75) is 20.0 Å². The van der Waals surface area contributed by atoms with Crippen molar-refractivity contribution in [2.24, 2.45) is 0 Å². The predicted octanol–water partition coefficient (Wildman–Crippen LogP) is 4.42. The minimum absolute atomic E-state index is 0.0385. The van der Waals surface area contributed by atoms with E-state index in [0.717, 1.165) is 22.3 Å². The van der Waals surface area contributed by atoms with Crippen molar-refractivity contribution in [3.05, 3.63) is 102 Å². The summed E-state index contributed by atoms with van der Waals surface area (Å²) in [7, 11) is 0. The number of aromatic nitrogens is 2. The number of amides is 2. The van der Waals surface area contributed by atoms with Crippen LogP contribution in [0.15, 0.2) is 91.0 Å². The van der Waals surface area contributed by atoms with Gasteiger partial charge in [0, 0.05) is 18.3 Å². The standard InChI is InChI=1S/C27H26N4O2/c1-2-30(22-13-7-4-8-14-22)27(33)20-31-24-16-10-9-15-23(24)29-25(31)19-28-26(32)18-17-21-11-5-3-6-12-21/h3-18H,2,19-20H2,1H3,(H,28,32)/b18-17-. The summed E-state index contributed by atoms with van der Waals surface area (Å²) in [5, 5.41) is 2.88. The predicted molar refractivity (Wildman–Crippen MR) is 132 cm³/mol. The molecule has 0 bridgehead atoms. The smallest absolute Gasteiger partial charge is 0.246 e. The minimum atomic E-state index is -0.219. The lowest BCUT2D eigenvalue weighted by Gasteiger charge is -2.22. The Hall–Kier alpha value is -4.19. The average Bonchev–Trinajstić information content (AvgIpc) is 3.20. The van der Waals surface area contributed by atoms with E-state index in [1.807, 2.05) is 96.4 Å². The number of rotatable bonds is 8. The van der Waals surface area contributed by atoms with Crippen LogP contribution in [0.4, 0.5) is 5.69 Å². The molecule has 4 aromatic rings. The van der Waals surface area contributed by atoms with E-state index < -0.39 is 0 Å². The number of likely N-dealkylation sites (N-methyl/N-ethyl adjacent to an activating group) is 1. The third-order valence-corrected chi connectivity index (χ3v) is 5.36. The Kier molecular flexibility index (Phi) is 6.95. The highest BCUT2D eigenvalue weighted by Gasteiger charge is 2.18. The van der Waals surface area contributed by atoms with Crippen LogP contribution in [0.2, 0.25) is 0 Å². The van der Waals surface area contributed by atoms with Crippen molar-refractivity contribution in [1.82, 2.24) is 14.9 Å². The molecule has 2 amide bonds. The number of nitrogens with one attached hydrogen (secondary N) is 1. The largest absolute Gasteiger partial charge is 0.345 e. The molecule has 0 aliphatic heterocycles. The summed E-state index contributed by atoms with van der Waals surface area (Å²) >= 11 is 0. The number of carbonyl (C=O) groups is 2. The topological polar surface area (TPSA) is 67.2 Å². The zero-order chi connectivity index (χ0) is 23.0. The molecule has 0 unspecified atom stereocenters. The SMILES string of the molecule is CCN(C(=O)Cn1c(CNC(=O)/C=C\c2ccccc2)nc2ccccc21)c1ccccc1. The van der Waals surface area contributed by atoms with Gasteiger partial charge in [-0.1, -0.05) is 60.7 Å². The van der Waals surface area contributed by atoms with E-state index in [1.165, 1.54) is 6.08 Å². The lowest BCUT2D eigenvalue weighted by atomic mass is 10.2. The van der Waals surface area contributed by atoms with Crippen molar-refractivity contribution < 1.29 is 9.59 Å². The Morgan fingerprint density at radius 1 is 0.939 bits per heavy atom. The van der Waals surface area contributed by atoms with Crippen molar-refractivity contribution in [1.29, 1.82) is 0 Å². The van der Waals surface area contributed by atoms with Crippen LogP contribution in [0.3, 0.4) is 0 Å². The number of para-hydroxylation sites is 3. The van der Waals surface area contributed by atoms with Crippen LogP contribution < -0.4 is 10.2 Å². The highest BCUT2D eigenvalue weighted by molar-refractivity contribution is 5.94. The Morgan fingerprint density at radius 3 is 2.33 bits per heavy atom. The van der Waals surface area contributed by atoms with Crippen molar-refractivity contribution >= 4 is 34.6 Å². The average molecular weight is 439 g/mol. The normalized spacial score (nSPS) is 11.1. The van der Waals surface area contributed by atoms with Crippen LogP contribution in [0, 0.1) is 0 Å². The Balaban J connectivity index is 1.52. The van der Waals surface area contributed by atoms with E-state index in [9.17, 15) is 9.59 Å². The third-order valence-electron chi connectivity index (χ3n) is 5.36. The number of nitrogens with zero attached hydrogens (tertiary/aromatic N) is 3. The van der Waals surface area contributed by atoms with E-state index in [-0.39, 0.29) is 24.9 Å². The molecule has 0 atom stereocenters. The molecule has 0 spiro atoms. The molecule has 166 valence electrons. The summed E-state index contributed by atoms with van der Waals surface area (Å²) in [6, 6.07) is 26.9. The summed E-state index contributed by atoms with van der Waals surface area (Å²) in [6.07, 6.45) is 3.27. The molecule has 0 fully saturated rings. The second kappa shape index (κ2) is 10.4. The third kappa shape index (κ3) is 5.36. The first kappa shape index (κ1) is 22.0. The fraction of sp³-hybridized carbons (Fsp3) is 0.148. The molecule has 1 N–H and O–H groups in total. The molecule has 0 aliphatic rings. The van der Waals surface area contributed by atoms with Gasteiger partial charge in [0.25, 0.3) is 0 Å². The zero-order valence-electron chi connectivity index (χ0n) is 18.5. The molecule has 1 aromatic heterocycles.